The molecule has 6 heteroatoms. The number of aliphatic hydroxyl groups excluding tert-OH is 1. The van der Waals surface area contributed by atoms with Gasteiger partial charge in [-0.05, 0) is 26.0 Å². The number of thiazole rings is 1. The smallest absolute Gasteiger partial charge is 0.121 e. The Kier molecular flexibility index (Phi) is 4.93. The molecule has 0 spiro atoms. The Morgan fingerprint density at radius 2 is 2.41 bits per heavy atom. The molecule has 1 aromatic heterocycles. The van der Waals surface area contributed by atoms with E-state index >= 15 is 0 Å². The molecule has 0 bridgehead atoms. The van der Waals surface area contributed by atoms with E-state index in [0.717, 1.165) is 35.9 Å². The average Bonchev–Trinajstić information content (AvgIpc) is 2.84. The lowest BCUT2D eigenvalue weighted by Crippen LogP contribution is -2.51. The summed E-state index contributed by atoms with van der Waals surface area (Å²) in [5.74, 6) is 0.769. The molecule has 0 aliphatic carbocycles. The van der Waals surface area contributed by atoms with Crippen LogP contribution in [0.15, 0.2) is 18.2 Å². The van der Waals surface area contributed by atoms with Crippen LogP contribution in [-0.2, 0) is 0 Å². The van der Waals surface area contributed by atoms with Crippen LogP contribution in [-0.4, -0.2) is 59.9 Å². The summed E-state index contributed by atoms with van der Waals surface area (Å²) >= 11 is 1.68. The Hall–Kier alpha value is -1.21. The van der Waals surface area contributed by atoms with Gasteiger partial charge in [0.05, 0.1) is 15.2 Å². The summed E-state index contributed by atoms with van der Waals surface area (Å²) in [6.45, 7) is 8.07. The van der Waals surface area contributed by atoms with Crippen molar-refractivity contribution in [3.63, 3.8) is 0 Å². The Balaban J connectivity index is 1.51. The fourth-order valence-corrected chi connectivity index (χ4v) is 3.64. The zero-order valence-corrected chi connectivity index (χ0v) is 13.9. The van der Waals surface area contributed by atoms with Crippen LogP contribution in [0, 0.1) is 6.92 Å². The molecular weight excluding hydrogens is 298 g/mol. The van der Waals surface area contributed by atoms with Crippen LogP contribution in [0.2, 0.25) is 0 Å². The summed E-state index contributed by atoms with van der Waals surface area (Å²) in [5.41, 5.74) is 0.963. The number of hydrogen-bond donors (Lipinski definition) is 2. The van der Waals surface area contributed by atoms with E-state index in [0.29, 0.717) is 19.2 Å². The molecule has 0 saturated carbocycles. The van der Waals surface area contributed by atoms with E-state index in [1.165, 1.54) is 4.70 Å². The molecular formula is C16H23N3O2S. The van der Waals surface area contributed by atoms with Crippen molar-refractivity contribution >= 4 is 21.6 Å². The second kappa shape index (κ2) is 6.91. The van der Waals surface area contributed by atoms with E-state index < -0.39 is 6.10 Å². The monoisotopic (exact) mass is 321 g/mol. The van der Waals surface area contributed by atoms with E-state index in [-0.39, 0.29) is 0 Å². The maximum absolute atomic E-state index is 10.2. The maximum Gasteiger partial charge on any atom is 0.121 e. The molecule has 0 amide bonds. The number of fused-ring (bicyclic) bond motifs is 1. The highest BCUT2D eigenvalue weighted by molar-refractivity contribution is 7.18. The first-order valence-electron chi connectivity index (χ1n) is 7.74. The normalized spacial score (nSPS) is 21.1. The second-order valence-electron chi connectivity index (χ2n) is 5.94. The van der Waals surface area contributed by atoms with Crippen molar-refractivity contribution in [1.82, 2.24) is 15.2 Å². The molecule has 120 valence electrons. The third-order valence-electron chi connectivity index (χ3n) is 3.83. The number of nitrogens with zero attached hydrogens (tertiary/aromatic N) is 2. The highest BCUT2D eigenvalue weighted by Gasteiger charge is 2.18. The lowest BCUT2D eigenvalue weighted by molar-refractivity contribution is 0.0589. The van der Waals surface area contributed by atoms with Gasteiger partial charge in [-0.25, -0.2) is 4.98 Å². The van der Waals surface area contributed by atoms with Crippen molar-refractivity contribution in [2.45, 2.75) is 26.0 Å². The van der Waals surface area contributed by atoms with Gasteiger partial charge in [-0.2, -0.15) is 0 Å². The predicted molar refractivity (Wildman–Crippen MR) is 89.8 cm³/mol. The standard InChI is InChI=1S/C16H23N3O2S/c1-11-8-19(6-5-17-11)9-13(20)10-21-14-3-4-16-15(7-14)18-12(2)22-16/h3-4,7,11,13,17,20H,5-6,8-10H2,1-2H3/t11-,13?/m0/s1. The van der Waals surface area contributed by atoms with Gasteiger partial charge in [0.15, 0.2) is 0 Å². The fraction of sp³-hybridized carbons (Fsp3) is 0.562. The molecule has 1 saturated heterocycles. The quantitative estimate of drug-likeness (QED) is 0.877. The van der Waals surface area contributed by atoms with E-state index in [1.54, 1.807) is 11.3 Å². The molecule has 1 fully saturated rings. The molecule has 22 heavy (non-hydrogen) atoms. The number of rotatable bonds is 5. The van der Waals surface area contributed by atoms with Gasteiger partial charge in [0.1, 0.15) is 18.5 Å². The summed E-state index contributed by atoms with van der Waals surface area (Å²) in [7, 11) is 0. The third-order valence-corrected chi connectivity index (χ3v) is 4.78. The predicted octanol–water partition coefficient (Wildman–Crippen LogP) is 1.64. The van der Waals surface area contributed by atoms with Crippen LogP contribution in [0.5, 0.6) is 5.75 Å². The summed E-state index contributed by atoms with van der Waals surface area (Å²) < 4.78 is 6.89. The second-order valence-corrected chi connectivity index (χ2v) is 7.18. The molecule has 2 atom stereocenters. The Morgan fingerprint density at radius 1 is 1.55 bits per heavy atom. The Labute approximate surface area is 134 Å². The summed E-state index contributed by atoms with van der Waals surface area (Å²) in [6, 6.07) is 6.40. The first kappa shape index (κ1) is 15.7. The first-order chi connectivity index (χ1) is 10.6. The number of hydrogen-bond acceptors (Lipinski definition) is 6. The maximum atomic E-state index is 10.2. The fourth-order valence-electron chi connectivity index (χ4n) is 2.83. The minimum atomic E-state index is -0.474. The average molecular weight is 321 g/mol. The first-order valence-corrected chi connectivity index (χ1v) is 8.55. The number of benzene rings is 1. The van der Waals surface area contributed by atoms with Crippen molar-refractivity contribution in [3.8, 4) is 5.75 Å². The van der Waals surface area contributed by atoms with Gasteiger partial charge in [-0.3, -0.25) is 4.90 Å². The van der Waals surface area contributed by atoms with E-state index in [9.17, 15) is 5.11 Å². The molecule has 5 nitrogen and oxygen atoms in total. The number of nitrogens with one attached hydrogen (secondary N) is 1. The number of aryl methyl sites for hydroxylation is 1. The number of aliphatic hydroxyl groups is 1. The van der Waals surface area contributed by atoms with Gasteiger partial charge in [0.25, 0.3) is 0 Å². The van der Waals surface area contributed by atoms with Gasteiger partial charge >= 0.3 is 0 Å². The van der Waals surface area contributed by atoms with Gasteiger partial charge < -0.3 is 15.2 Å². The molecule has 1 unspecified atom stereocenters. The SMILES string of the molecule is Cc1nc2cc(OCC(O)CN3CCN[C@@H](C)C3)ccc2s1. The van der Waals surface area contributed by atoms with Crippen molar-refractivity contribution < 1.29 is 9.84 Å². The lowest BCUT2D eigenvalue weighted by Gasteiger charge is -2.33. The summed E-state index contributed by atoms with van der Waals surface area (Å²) in [6.07, 6.45) is -0.474. The Morgan fingerprint density at radius 3 is 3.23 bits per heavy atom. The van der Waals surface area contributed by atoms with Crippen molar-refractivity contribution in [2.75, 3.05) is 32.8 Å². The van der Waals surface area contributed by atoms with E-state index in [2.05, 4.69) is 22.1 Å². The van der Waals surface area contributed by atoms with Crippen LogP contribution in [0.25, 0.3) is 10.2 Å². The van der Waals surface area contributed by atoms with Gasteiger partial charge in [0, 0.05) is 38.3 Å². The van der Waals surface area contributed by atoms with Crippen molar-refractivity contribution in [1.29, 1.82) is 0 Å². The molecule has 0 radical (unpaired) electrons. The number of piperazine rings is 1. The van der Waals surface area contributed by atoms with Gasteiger partial charge in [0.2, 0.25) is 0 Å². The molecule has 1 aliphatic rings. The molecule has 2 aromatic rings. The van der Waals surface area contributed by atoms with Gasteiger partial charge in [-0.15, -0.1) is 11.3 Å². The topological polar surface area (TPSA) is 57.6 Å². The third kappa shape index (κ3) is 3.95. The van der Waals surface area contributed by atoms with E-state index in [1.807, 2.05) is 25.1 Å². The molecule has 3 rings (SSSR count). The minimum Gasteiger partial charge on any atom is -0.491 e. The zero-order chi connectivity index (χ0) is 15.5. The van der Waals surface area contributed by atoms with E-state index in [4.69, 9.17) is 4.74 Å². The van der Waals surface area contributed by atoms with Crippen LogP contribution in [0.3, 0.4) is 0 Å². The van der Waals surface area contributed by atoms with Crippen LogP contribution in [0.1, 0.15) is 11.9 Å². The van der Waals surface area contributed by atoms with Crippen LogP contribution >= 0.6 is 11.3 Å². The Bertz CT molecular complexity index is 631. The van der Waals surface area contributed by atoms with Crippen molar-refractivity contribution in [3.05, 3.63) is 23.2 Å². The number of ether oxygens (including phenoxy) is 1. The van der Waals surface area contributed by atoms with Crippen molar-refractivity contribution in [2.24, 2.45) is 0 Å². The lowest BCUT2D eigenvalue weighted by atomic mass is 10.2. The zero-order valence-electron chi connectivity index (χ0n) is 13.1. The summed E-state index contributed by atoms with van der Waals surface area (Å²) in [4.78, 5) is 6.74. The molecule has 1 aliphatic heterocycles. The highest BCUT2D eigenvalue weighted by atomic mass is 32.1. The molecule has 2 N–H and O–H groups in total. The minimum absolute atomic E-state index is 0.312. The highest BCUT2D eigenvalue weighted by Crippen LogP contribution is 2.25. The number of aromatic nitrogens is 1. The van der Waals surface area contributed by atoms with Crippen LogP contribution < -0.4 is 10.1 Å². The number of β-amino-alcohol motifs (C(OH)–C–C–N with tert-alkyl or cyclic N) is 1. The largest absolute Gasteiger partial charge is 0.491 e. The molecule has 1 aromatic carbocycles. The van der Waals surface area contributed by atoms with Crippen LogP contribution in [0.4, 0.5) is 0 Å². The van der Waals surface area contributed by atoms with Gasteiger partial charge in [-0.1, -0.05) is 0 Å². The summed E-state index contributed by atoms with van der Waals surface area (Å²) in [5, 5.41) is 14.6. The molecule has 2 heterocycles.